The fourth-order valence-electron chi connectivity index (χ4n) is 5.51. The van der Waals surface area contributed by atoms with Crippen LogP contribution < -0.4 is 23.7 Å². The Kier molecular flexibility index (Phi) is 12.6. The van der Waals surface area contributed by atoms with Gasteiger partial charge in [0.2, 0.25) is 5.75 Å². The van der Waals surface area contributed by atoms with Crippen molar-refractivity contribution < 1.29 is 42.7 Å². The maximum absolute atomic E-state index is 13.4. The summed E-state index contributed by atoms with van der Waals surface area (Å²) in [6.07, 6.45) is 3.18. The number of hydrogen-bond donors (Lipinski definition) is 0. The van der Waals surface area contributed by atoms with Gasteiger partial charge in [-0.2, -0.15) is 0 Å². The zero-order valence-corrected chi connectivity index (χ0v) is 26.8. The van der Waals surface area contributed by atoms with Gasteiger partial charge in [0.15, 0.2) is 23.0 Å². The fraction of sp³-hybridized carbons (Fsp3) is 0.562. The van der Waals surface area contributed by atoms with E-state index in [0.29, 0.717) is 61.0 Å². The Morgan fingerprint density at radius 1 is 0.773 bits per heavy atom. The highest BCUT2D eigenvalue weighted by Crippen LogP contribution is 2.39. The van der Waals surface area contributed by atoms with Crippen LogP contribution in [0.2, 0.25) is 5.02 Å². The van der Waals surface area contributed by atoms with Gasteiger partial charge in [-0.3, -0.25) is 0 Å². The Bertz CT molecular complexity index is 1270. The van der Waals surface area contributed by atoms with Crippen LogP contribution in [0, 0.1) is 0 Å². The van der Waals surface area contributed by atoms with Gasteiger partial charge in [-0.05, 0) is 69.5 Å². The van der Waals surface area contributed by atoms with Crippen LogP contribution in [0.3, 0.4) is 0 Å². The van der Waals surface area contributed by atoms with Crippen molar-refractivity contribution >= 4 is 23.5 Å². The lowest BCUT2D eigenvalue weighted by molar-refractivity contribution is 0.0221. The summed E-state index contributed by atoms with van der Waals surface area (Å²) < 4.78 is 39.4. The number of halogens is 1. The molecule has 2 aromatic rings. The average molecular weight is 635 g/mol. The van der Waals surface area contributed by atoms with Crippen molar-refractivity contribution in [2.45, 2.75) is 38.2 Å². The van der Waals surface area contributed by atoms with Crippen molar-refractivity contribution in [1.29, 1.82) is 0 Å². The normalized spacial score (nSPS) is 21.8. The fourth-order valence-corrected chi connectivity index (χ4v) is 5.82. The van der Waals surface area contributed by atoms with Crippen molar-refractivity contribution in [1.82, 2.24) is 9.80 Å². The molecule has 4 rings (SSSR count). The van der Waals surface area contributed by atoms with Crippen LogP contribution in [0.1, 0.15) is 52.8 Å². The van der Waals surface area contributed by atoms with Crippen LogP contribution in [0.5, 0.6) is 28.7 Å². The Hall–Kier alpha value is -3.41. The molecule has 11 nitrogen and oxygen atoms in total. The molecule has 44 heavy (non-hydrogen) atoms. The highest BCUT2D eigenvalue weighted by molar-refractivity contribution is 6.35. The summed E-state index contributed by atoms with van der Waals surface area (Å²) in [6.45, 7) is 6.03. The first-order chi connectivity index (χ1) is 21.4. The van der Waals surface area contributed by atoms with Gasteiger partial charge in [-0.1, -0.05) is 11.6 Å². The number of rotatable bonds is 6. The Morgan fingerprint density at radius 3 is 2.16 bits per heavy atom. The first kappa shape index (κ1) is 33.5. The van der Waals surface area contributed by atoms with E-state index in [1.54, 1.807) is 24.3 Å². The number of fused-ring (bicyclic) bond motifs is 5. The van der Waals surface area contributed by atoms with Crippen molar-refractivity contribution in [3.63, 3.8) is 0 Å². The zero-order valence-electron chi connectivity index (χ0n) is 26.0. The number of carbonyl (C=O) groups excluding carboxylic acids is 2. The molecule has 0 saturated carbocycles. The van der Waals surface area contributed by atoms with E-state index < -0.39 is 11.9 Å². The summed E-state index contributed by atoms with van der Waals surface area (Å²) in [5.74, 6) is 0.856. The molecular formula is C32H43ClN2O9. The van der Waals surface area contributed by atoms with E-state index in [1.807, 2.05) is 0 Å². The standard InChI is InChI=1S/C32H43ClN2O9/c1-38-25-10-9-24(28(33)30(25)41-4)32(37)44-23-8-5-18-42-27-21-22(20-26(39-2)29(27)40-3)31(36)43-19-7-14-34-12-6-13-35(15-11-23)17-16-34/h9-10,20-21,23H,5-8,11-19H2,1-4H3. The lowest BCUT2D eigenvalue weighted by Crippen LogP contribution is -2.34. The molecule has 0 aliphatic carbocycles. The van der Waals surface area contributed by atoms with Gasteiger partial charge in [-0.25, -0.2) is 9.59 Å². The van der Waals surface area contributed by atoms with Crippen LogP contribution in [0.25, 0.3) is 0 Å². The zero-order chi connectivity index (χ0) is 31.5. The number of benzene rings is 2. The summed E-state index contributed by atoms with van der Waals surface area (Å²) in [7, 11) is 6.00. The summed E-state index contributed by atoms with van der Waals surface area (Å²) in [4.78, 5) is 31.1. The van der Waals surface area contributed by atoms with E-state index >= 15 is 0 Å². The quantitative estimate of drug-likeness (QED) is 0.412. The molecule has 1 fully saturated rings. The average Bonchev–Trinajstić information content (AvgIpc) is 3.27. The number of carbonyl (C=O) groups is 2. The highest BCUT2D eigenvalue weighted by atomic mass is 35.5. The van der Waals surface area contributed by atoms with Crippen molar-refractivity contribution in [2.75, 3.05) is 80.9 Å². The minimum atomic E-state index is -0.528. The molecule has 12 heteroatoms. The topological polar surface area (TPSA) is 105 Å². The monoisotopic (exact) mass is 634 g/mol. The van der Waals surface area contributed by atoms with E-state index in [-0.39, 0.29) is 22.4 Å². The predicted molar refractivity (Wildman–Crippen MR) is 165 cm³/mol. The van der Waals surface area contributed by atoms with Gasteiger partial charge in [0, 0.05) is 26.2 Å². The molecule has 0 N–H and O–H groups in total. The molecule has 0 spiro atoms. The van der Waals surface area contributed by atoms with Gasteiger partial charge >= 0.3 is 11.9 Å². The summed E-state index contributed by atoms with van der Waals surface area (Å²) in [5, 5.41) is 0.142. The number of nitrogens with zero attached hydrogens (tertiary/aromatic N) is 2. The third kappa shape index (κ3) is 8.61. The van der Waals surface area contributed by atoms with E-state index in [0.717, 1.165) is 52.1 Å². The van der Waals surface area contributed by atoms with Crippen molar-refractivity contribution in [3.05, 3.63) is 40.4 Å². The molecule has 242 valence electrons. The van der Waals surface area contributed by atoms with E-state index in [1.165, 1.54) is 28.4 Å². The van der Waals surface area contributed by atoms with Gasteiger partial charge in [0.25, 0.3) is 0 Å². The molecule has 2 aliphatic rings. The second-order valence-corrected chi connectivity index (χ2v) is 11.1. The van der Waals surface area contributed by atoms with Crippen LogP contribution in [0.15, 0.2) is 24.3 Å². The van der Waals surface area contributed by atoms with Gasteiger partial charge < -0.3 is 43.0 Å². The molecular weight excluding hydrogens is 592 g/mol. The maximum atomic E-state index is 13.4. The molecule has 3 atom stereocenters. The second-order valence-electron chi connectivity index (χ2n) is 10.7. The number of esters is 2. The summed E-state index contributed by atoms with van der Waals surface area (Å²) >= 11 is 6.52. The van der Waals surface area contributed by atoms with E-state index in [9.17, 15) is 9.59 Å². The first-order valence-corrected chi connectivity index (χ1v) is 15.4. The summed E-state index contributed by atoms with van der Waals surface area (Å²) in [5.41, 5.74) is 0.529. The molecule has 2 aromatic carbocycles. The number of ether oxygens (including phenoxy) is 7. The molecule has 2 aliphatic heterocycles. The molecule has 1 saturated heterocycles. The summed E-state index contributed by atoms with van der Waals surface area (Å²) in [6, 6.07) is 6.42. The van der Waals surface area contributed by atoms with Gasteiger partial charge in [-0.15, -0.1) is 0 Å². The van der Waals surface area contributed by atoms with Crippen LogP contribution in [0.4, 0.5) is 0 Å². The number of cyclic esters (lactones) is 1. The Morgan fingerprint density at radius 2 is 1.45 bits per heavy atom. The third-order valence-corrected chi connectivity index (χ3v) is 8.26. The lowest BCUT2D eigenvalue weighted by atomic mass is 10.1. The second kappa shape index (κ2) is 16.6. The minimum Gasteiger partial charge on any atom is -0.493 e. The Labute approximate surface area is 264 Å². The minimum absolute atomic E-state index is 0.142. The van der Waals surface area contributed by atoms with E-state index in [4.69, 9.17) is 44.8 Å². The lowest BCUT2D eigenvalue weighted by Gasteiger charge is -2.25. The molecule has 3 unspecified atom stereocenters. The molecule has 0 amide bonds. The van der Waals surface area contributed by atoms with Gasteiger partial charge in [0.1, 0.15) is 11.1 Å². The van der Waals surface area contributed by atoms with Crippen LogP contribution >= 0.6 is 11.6 Å². The number of methoxy groups -OCH3 is 4. The highest BCUT2D eigenvalue weighted by Gasteiger charge is 2.25. The SMILES string of the molecule is COc1cc2cc(c1OC)OCCCC(OC(=O)c1ccc(OC)c(OC)c1Cl)CCN1CCCN(CCCOC2=O)CC1. The largest absolute Gasteiger partial charge is 0.493 e. The van der Waals surface area contributed by atoms with Gasteiger partial charge in [0.05, 0.1) is 52.8 Å². The maximum Gasteiger partial charge on any atom is 0.340 e. The predicted octanol–water partition coefficient (Wildman–Crippen LogP) is 4.72. The smallest absolute Gasteiger partial charge is 0.340 e. The van der Waals surface area contributed by atoms with Crippen LogP contribution in [-0.4, -0.2) is 109 Å². The third-order valence-electron chi connectivity index (χ3n) is 7.89. The van der Waals surface area contributed by atoms with Crippen molar-refractivity contribution in [2.24, 2.45) is 0 Å². The molecule has 0 aromatic heterocycles. The molecule has 0 radical (unpaired) electrons. The Balaban J connectivity index is 1.54. The van der Waals surface area contributed by atoms with Crippen LogP contribution in [-0.2, 0) is 9.47 Å². The van der Waals surface area contributed by atoms with Crippen molar-refractivity contribution in [3.8, 4) is 28.7 Å². The van der Waals surface area contributed by atoms with E-state index in [2.05, 4.69) is 9.80 Å². The first-order valence-electron chi connectivity index (χ1n) is 15.0. The molecule has 4 bridgehead atoms. The number of hydrogen-bond acceptors (Lipinski definition) is 11. The molecule has 2 heterocycles.